The average Bonchev–Trinajstić information content (AvgIpc) is 2.45. The van der Waals surface area contributed by atoms with Gasteiger partial charge in [-0.3, -0.25) is 0 Å². The maximum absolute atomic E-state index is 10.9. The molecule has 1 N–H and O–H groups in total. The highest BCUT2D eigenvalue weighted by Gasteiger charge is 2.45. The van der Waals surface area contributed by atoms with Gasteiger partial charge in [0, 0.05) is 18.5 Å². The van der Waals surface area contributed by atoms with E-state index in [1.165, 1.54) is 16.0 Å². The SMILES string of the molecule is COc1cc(C2=CCC3(CC2)CN(C(=O)O)C3)ccc1Br. The highest BCUT2D eigenvalue weighted by Crippen LogP contribution is 2.45. The molecule has 1 fully saturated rings. The molecule has 0 aromatic heterocycles. The summed E-state index contributed by atoms with van der Waals surface area (Å²) in [7, 11) is 1.67. The molecule has 4 nitrogen and oxygen atoms in total. The van der Waals surface area contributed by atoms with Crippen LogP contribution in [0.2, 0.25) is 0 Å². The average molecular weight is 352 g/mol. The van der Waals surface area contributed by atoms with Gasteiger partial charge in [0.25, 0.3) is 0 Å². The fourth-order valence-corrected chi connectivity index (χ4v) is 3.66. The van der Waals surface area contributed by atoms with Crippen LogP contribution in [-0.4, -0.2) is 36.3 Å². The minimum Gasteiger partial charge on any atom is -0.496 e. The first-order valence-electron chi connectivity index (χ1n) is 7.04. The lowest BCUT2D eigenvalue weighted by molar-refractivity contribution is 0.00504. The van der Waals surface area contributed by atoms with Gasteiger partial charge in [0.05, 0.1) is 11.6 Å². The molecule has 2 aliphatic rings. The molecule has 1 spiro atoms. The topological polar surface area (TPSA) is 49.8 Å². The highest BCUT2D eigenvalue weighted by molar-refractivity contribution is 9.10. The summed E-state index contributed by atoms with van der Waals surface area (Å²) in [5.41, 5.74) is 2.71. The summed E-state index contributed by atoms with van der Waals surface area (Å²) in [5.74, 6) is 0.842. The van der Waals surface area contributed by atoms with Crippen molar-refractivity contribution in [3.05, 3.63) is 34.3 Å². The third-order valence-electron chi connectivity index (χ3n) is 4.55. The Morgan fingerprint density at radius 1 is 1.43 bits per heavy atom. The Morgan fingerprint density at radius 3 is 2.76 bits per heavy atom. The van der Waals surface area contributed by atoms with Crippen molar-refractivity contribution in [1.29, 1.82) is 0 Å². The third kappa shape index (κ3) is 2.67. The van der Waals surface area contributed by atoms with Crippen LogP contribution < -0.4 is 4.74 Å². The Morgan fingerprint density at radius 2 is 2.19 bits per heavy atom. The van der Waals surface area contributed by atoms with Gasteiger partial charge in [-0.15, -0.1) is 0 Å². The monoisotopic (exact) mass is 351 g/mol. The number of carbonyl (C=O) groups is 1. The third-order valence-corrected chi connectivity index (χ3v) is 5.21. The highest BCUT2D eigenvalue weighted by atomic mass is 79.9. The van der Waals surface area contributed by atoms with Crippen molar-refractivity contribution < 1.29 is 14.6 Å². The lowest BCUT2D eigenvalue weighted by atomic mass is 9.69. The maximum atomic E-state index is 10.9. The molecule has 1 aliphatic heterocycles. The van der Waals surface area contributed by atoms with Gasteiger partial charge in [-0.1, -0.05) is 12.1 Å². The molecule has 1 amide bonds. The molecule has 21 heavy (non-hydrogen) atoms. The number of hydrogen-bond donors (Lipinski definition) is 1. The second kappa shape index (κ2) is 5.37. The van der Waals surface area contributed by atoms with E-state index in [9.17, 15) is 4.79 Å². The van der Waals surface area contributed by atoms with Crippen LogP contribution in [0.15, 0.2) is 28.7 Å². The molecule has 0 bridgehead atoms. The smallest absolute Gasteiger partial charge is 0.407 e. The molecule has 0 saturated carbocycles. The van der Waals surface area contributed by atoms with Crippen LogP contribution in [0.3, 0.4) is 0 Å². The number of amides is 1. The molecule has 1 aromatic carbocycles. The summed E-state index contributed by atoms with van der Waals surface area (Å²) in [6, 6.07) is 6.16. The largest absolute Gasteiger partial charge is 0.496 e. The van der Waals surface area contributed by atoms with Gasteiger partial charge >= 0.3 is 6.09 Å². The van der Waals surface area contributed by atoms with Crippen molar-refractivity contribution in [3.63, 3.8) is 0 Å². The summed E-state index contributed by atoms with van der Waals surface area (Å²) in [4.78, 5) is 12.4. The summed E-state index contributed by atoms with van der Waals surface area (Å²) >= 11 is 3.47. The number of carboxylic acid groups (broad SMARTS) is 1. The van der Waals surface area contributed by atoms with Gasteiger partial charge < -0.3 is 14.7 Å². The van der Waals surface area contributed by atoms with E-state index in [4.69, 9.17) is 9.84 Å². The number of methoxy groups -OCH3 is 1. The van der Waals surface area contributed by atoms with Crippen LogP contribution in [0.4, 0.5) is 4.79 Å². The van der Waals surface area contributed by atoms with Crippen LogP contribution >= 0.6 is 15.9 Å². The van der Waals surface area contributed by atoms with Crippen molar-refractivity contribution in [1.82, 2.24) is 4.90 Å². The van der Waals surface area contributed by atoms with Crippen LogP contribution in [0.5, 0.6) is 5.75 Å². The van der Waals surface area contributed by atoms with E-state index < -0.39 is 6.09 Å². The van der Waals surface area contributed by atoms with Gasteiger partial charge in [-0.25, -0.2) is 4.79 Å². The quantitative estimate of drug-likeness (QED) is 0.875. The van der Waals surface area contributed by atoms with Gasteiger partial charge in [0.15, 0.2) is 0 Å². The van der Waals surface area contributed by atoms with E-state index in [0.29, 0.717) is 13.1 Å². The van der Waals surface area contributed by atoms with Gasteiger partial charge in [0.1, 0.15) is 5.75 Å². The fourth-order valence-electron chi connectivity index (χ4n) is 3.25. The predicted molar refractivity (Wildman–Crippen MR) is 84.6 cm³/mol. The lowest BCUT2D eigenvalue weighted by Gasteiger charge is -2.50. The van der Waals surface area contributed by atoms with Crippen molar-refractivity contribution >= 4 is 27.6 Å². The molecule has 0 unspecified atom stereocenters. The number of hydrogen-bond acceptors (Lipinski definition) is 2. The Labute approximate surface area is 132 Å². The summed E-state index contributed by atoms with van der Waals surface area (Å²) < 4.78 is 6.30. The standard InChI is InChI=1S/C16H18BrNO3/c1-21-14-8-12(2-3-13(14)17)11-4-6-16(7-5-11)9-18(10-16)15(19)20/h2-4,8H,5-7,9-10H2,1H3,(H,19,20). The molecule has 3 rings (SSSR count). The second-order valence-electron chi connectivity index (χ2n) is 5.92. The number of benzene rings is 1. The molecule has 0 radical (unpaired) electrons. The van der Waals surface area contributed by atoms with Gasteiger partial charge in [0.2, 0.25) is 0 Å². The van der Waals surface area contributed by atoms with Crippen LogP contribution in [0.1, 0.15) is 24.8 Å². The maximum Gasteiger partial charge on any atom is 0.407 e. The molecule has 0 atom stereocenters. The Hall–Kier alpha value is -1.49. The van der Waals surface area contributed by atoms with Crippen LogP contribution in [0.25, 0.3) is 5.57 Å². The molecule has 1 aliphatic carbocycles. The fraction of sp³-hybridized carbons (Fsp3) is 0.438. The van der Waals surface area contributed by atoms with Gasteiger partial charge in [-0.2, -0.15) is 0 Å². The molecular formula is C16H18BrNO3. The Kier molecular flexibility index (Phi) is 3.69. The van der Waals surface area contributed by atoms with Crippen LogP contribution in [0, 0.1) is 5.41 Å². The van der Waals surface area contributed by atoms with E-state index >= 15 is 0 Å². The van der Waals surface area contributed by atoms with E-state index in [1.807, 2.05) is 6.07 Å². The number of nitrogens with zero attached hydrogens (tertiary/aromatic N) is 1. The Bertz CT molecular complexity index is 606. The second-order valence-corrected chi connectivity index (χ2v) is 6.78. The zero-order valence-electron chi connectivity index (χ0n) is 11.9. The summed E-state index contributed by atoms with van der Waals surface area (Å²) in [6.45, 7) is 1.35. The number of ether oxygens (including phenoxy) is 1. The van der Waals surface area contributed by atoms with E-state index in [0.717, 1.165) is 29.5 Å². The molecule has 1 heterocycles. The molecule has 112 valence electrons. The summed E-state index contributed by atoms with van der Waals surface area (Å²) in [5, 5.41) is 8.95. The lowest BCUT2D eigenvalue weighted by Crippen LogP contribution is -2.58. The van der Waals surface area contributed by atoms with E-state index in [1.54, 1.807) is 7.11 Å². The minimum absolute atomic E-state index is 0.182. The zero-order valence-corrected chi connectivity index (χ0v) is 13.5. The van der Waals surface area contributed by atoms with Gasteiger partial charge in [-0.05, 0) is 58.5 Å². The molecule has 1 saturated heterocycles. The Balaban J connectivity index is 1.72. The first-order chi connectivity index (χ1) is 10.0. The van der Waals surface area contributed by atoms with E-state index in [2.05, 4.69) is 34.1 Å². The van der Waals surface area contributed by atoms with Crippen molar-refractivity contribution in [2.45, 2.75) is 19.3 Å². The molecular weight excluding hydrogens is 334 g/mol. The van der Waals surface area contributed by atoms with Crippen molar-refractivity contribution in [2.24, 2.45) is 5.41 Å². The predicted octanol–water partition coefficient (Wildman–Crippen LogP) is 4.01. The summed E-state index contributed by atoms with van der Waals surface area (Å²) in [6.07, 6.45) is 4.49. The normalized spacial score (nSPS) is 19.9. The van der Waals surface area contributed by atoms with Crippen molar-refractivity contribution in [3.8, 4) is 5.75 Å². The van der Waals surface area contributed by atoms with Crippen LogP contribution in [-0.2, 0) is 0 Å². The molecule has 5 heteroatoms. The van der Waals surface area contributed by atoms with Crippen molar-refractivity contribution in [2.75, 3.05) is 20.2 Å². The molecule has 1 aromatic rings. The minimum atomic E-state index is -0.798. The number of likely N-dealkylation sites (tertiary alicyclic amines) is 1. The number of allylic oxidation sites excluding steroid dienone is 2. The van der Waals surface area contributed by atoms with E-state index in [-0.39, 0.29) is 5.41 Å². The number of rotatable bonds is 2. The zero-order chi connectivity index (χ0) is 15.0. The number of halogens is 1. The first-order valence-corrected chi connectivity index (χ1v) is 7.83. The first kappa shape index (κ1) is 14.4.